The molecule has 0 aliphatic carbocycles. The molecule has 3 amide bonds. The summed E-state index contributed by atoms with van der Waals surface area (Å²) in [5.74, 6) is 0.448. The van der Waals surface area contributed by atoms with Crippen molar-refractivity contribution in [3.63, 3.8) is 0 Å². The average molecular weight is 406 g/mol. The minimum atomic E-state index is -0.471. The Morgan fingerprint density at radius 1 is 0.933 bits per heavy atom. The van der Waals surface area contributed by atoms with Crippen LogP contribution < -0.4 is 19.7 Å². The van der Waals surface area contributed by atoms with Crippen molar-refractivity contribution < 1.29 is 28.3 Å². The van der Waals surface area contributed by atoms with E-state index in [9.17, 15) is 14.4 Å². The lowest BCUT2D eigenvalue weighted by Gasteiger charge is -2.13. The van der Waals surface area contributed by atoms with Gasteiger partial charge in [0.1, 0.15) is 0 Å². The second-order valence-corrected chi connectivity index (χ2v) is 6.60. The number of carbonyl (C=O) groups is 3. The number of anilines is 2. The second kappa shape index (κ2) is 6.99. The van der Waals surface area contributed by atoms with Crippen LogP contribution in [0.5, 0.6) is 11.5 Å². The van der Waals surface area contributed by atoms with Crippen LogP contribution in [0.3, 0.4) is 0 Å². The fraction of sp³-hybridized carbons (Fsp3) is 0.150. The third kappa shape index (κ3) is 3.13. The third-order valence-electron chi connectivity index (χ3n) is 4.70. The maximum atomic E-state index is 12.5. The molecule has 30 heavy (non-hydrogen) atoms. The molecule has 10 nitrogen and oxygen atoms in total. The fourth-order valence-corrected chi connectivity index (χ4v) is 3.22. The van der Waals surface area contributed by atoms with Crippen LogP contribution in [0.2, 0.25) is 0 Å². The summed E-state index contributed by atoms with van der Waals surface area (Å²) >= 11 is 0. The molecule has 1 N–H and O–H groups in total. The van der Waals surface area contributed by atoms with E-state index in [4.69, 9.17) is 13.9 Å². The van der Waals surface area contributed by atoms with Gasteiger partial charge in [-0.05, 0) is 42.5 Å². The Morgan fingerprint density at radius 3 is 2.43 bits per heavy atom. The number of imide groups is 1. The van der Waals surface area contributed by atoms with Crippen molar-refractivity contribution in [2.75, 3.05) is 17.0 Å². The molecule has 10 heteroatoms. The summed E-state index contributed by atoms with van der Waals surface area (Å²) in [6.07, 6.45) is 0.397. The standard InChI is InChI=1S/C20H14N4O6/c25-16-7-8-17(26)24(16)13-4-1-11(2-5-13)18(27)21-20-23-22-19(30-20)12-3-6-14-15(9-12)29-10-28-14/h1-6,9H,7-8,10H2,(H,21,23,27). The summed E-state index contributed by atoms with van der Waals surface area (Å²) in [6, 6.07) is 11.2. The Kier molecular flexibility index (Phi) is 4.16. The number of aromatic nitrogens is 2. The van der Waals surface area contributed by atoms with Crippen LogP contribution in [-0.4, -0.2) is 34.7 Å². The third-order valence-corrected chi connectivity index (χ3v) is 4.70. The predicted octanol–water partition coefficient (Wildman–Crippen LogP) is 2.37. The molecule has 5 rings (SSSR count). The SMILES string of the molecule is O=C(Nc1nnc(-c2ccc3c(c2)OCO3)o1)c1ccc(N2C(=O)CCC2=O)cc1. The molecule has 0 saturated carbocycles. The van der Waals surface area contributed by atoms with E-state index in [0.717, 1.165) is 4.90 Å². The number of nitrogens with zero attached hydrogens (tertiary/aromatic N) is 3. The van der Waals surface area contributed by atoms with Crippen LogP contribution in [0.1, 0.15) is 23.2 Å². The molecule has 2 aromatic carbocycles. The molecule has 0 radical (unpaired) electrons. The lowest BCUT2D eigenvalue weighted by atomic mass is 10.2. The van der Waals surface area contributed by atoms with Gasteiger partial charge in [0.15, 0.2) is 11.5 Å². The van der Waals surface area contributed by atoms with E-state index >= 15 is 0 Å². The first-order valence-electron chi connectivity index (χ1n) is 9.09. The van der Waals surface area contributed by atoms with Crippen LogP contribution in [-0.2, 0) is 9.59 Å². The van der Waals surface area contributed by atoms with Crippen LogP contribution >= 0.6 is 0 Å². The van der Waals surface area contributed by atoms with Crippen molar-refractivity contribution in [3.8, 4) is 23.0 Å². The maximum absolute atomic E-state index is 12.5. The zero-order chi connectivity index (χ0) is 20.7. The summed E-state index contributed by atoms with van der Waals surface area (Å²) < 4.78 is 16.1. The number of carbonyl (C=O) groups excluding carboxylic acids is 3. The average Bonchev–Trinajstić information content (AvgIpc) is 3.48. The molecule has 1 aromatic heterocycles. The van der Waals surface area contributed by atoms with Gasteiger partial charge in [-0.3, -0.25) is 24.6 Å². The molecule has 0 spiro atoms. The Balaban J connectivity index is 1.29. The maximum Gasteiger partial charge on any atom is 0.322 e. The fourth-order valence-electron chi connectivity index (χ4n) is 3.22. The van der Waals surface area contributed by atoms with E-state index in [1.165, 1.54) is 12.1 Å². The Hall–Kier alpha value is -4.21. The van der Waals surface area contributed by atoms with Gasteiger partial charge in [-0.2, -0.15) is 0 Å². The Bertz CT molecular complexity index is 1150. The molecule has 150 valence electrons. The first kappa shape index (κ1) is 17.9. The number of rotatable bonds is 4. The molecule has 3 aromatic rings. The Morgan fingerprint density at radius 2 is 1.67 bits per heavy atom. The predicted molar refractivity (Wildman–Crippen MR) is 102 cm³/mol. The van der Waals surface area contributed by atoms with Crippen molar-refractivity contribution in [2.45, 2.75) is 12.8 Å². The van der Waals surface area contributed by atoms with Gasteiger partial charge in [-0.1, -0.05) is 5.10 Å². The van der Waals surface area contributed by atoms with E-state index in [0.29, 0.717) is 28.3 Å². The van der Waals surface area contributed by atoms with Gasteiger partial charge in [-0.15, -0.1) is 5.10 Å². The zero-order valence-electron chi connectivity index (χ0n) is 15.5. The smallest absolute Gasteiger partial charge is 0.322 e. The van der Waals surface area contributed by atoms with Crippen molar-refractivity contribution in [2.24, 2.45) is 0 Å². The summed E-state index contributed by atoms with van der Waals surface area (Å²) in [5, 5.41) is 10.3. The number of ether oxygens (including phenoxy) is 2. The van der Waals surface area contributed by atoms with Crippen LogP contribution in [0.4, 0.5) is 11.7 Å². The molecule has 2 aliphatic rings. The topological polar surface area (TPSA) is 124 Å². The van der Waals surface area contributed by atoms with Crippen LogP contribution in [0.15, 0.2) is 46.9 Å². The normalized spacial score (nSPS) is 15.0. The molecule has 3 heterocycles. The van der Waals surface area contributed by atoms with E-state index in [2.05, 4.69) is 15.5 Å². The van der Waals surface area contributed by atoms with Crippen LogP contribution in [0, 0.1) is 0 Å². The molecule has 0 atom stereocenters. The lowest BCUT2D eigenvalue weighted by molar-refractivity contribution is -0.121. The Labute approximate surface area is 169 Å². The molecule has 0 bridgehead atoms. The second-order valence-electron chi connectivity index (χ2n) is 6.60. The largest absolute Gasteiger partial charge is 0.454 e. The highest BCUT2D eigenvalue weighted by Crippen LogP contribution is 2.35. The van der Waals surface area contributed by atoms with Gasteiger partial charge < -0.3 is 13.9 Å². The highest BCUT2D eigenvalue weighted by atomic mass is 16.7. The quantitative estimate of drug-likeness (QED) is 0.655. The number of benzene rings is 2. The monoisotopic (exact) mass is 406 g/mol. The van der Waals surface area contributed by atoms with Crippen LogP contribution in [0.25, 0.3) is 11.5 Å². The molecule has 0 unspecified atom stereocenters. The molecule has 2 aliphatic heterocycles. The number of hydrogen-bond donors (Lipinski definition) is 1. The van der Waals surface area contributed by atoms with Gasteiger partial charge in [0.2, 0.25) is 24.5 Å². The van der Waals surface area contributed by atoms with Gasteiger partial charge >= 0.3 is 6.01 Å². The number of hydrogen-bond acceptors (Lipinski definition) is 8. The van der Waals surface area contributed by atoms with Crippen molar-refractivity contribution in [1.29, 1.82) is 0 Å². The highest BCUT2D eigenvalue weighted by molar-refractivity contribution is 6.20. The molecular formula is C20H14N4O6. The molecular weight excluding hydrogens is 392 g/mol. The van der Waals surface area contributed by atoms with E-state index in [1.54, 1.807) is 30.3 Å². The number of nitrogens with one attached hydrogen (secondary N) is 1. The minimum absolute atomic E-state index is 0.0679. The van der Waals surface area contributed by atoms with E-state index < -0.39 is 5.91 Å². The lowest BCUT2D eigenvalue weighted by Crippen LogP contribution is -2.28. The molecule has 1 fully saturated rings. The van der Waals surface area contributed by atoms with Crippen molar-refractivity contribution in [1.82, 2.24) is 10.2 Å². The summed E-state index contributed by atoms with van der Waals surface area (Å²) in [4.78, 5) is 37.2. The first-order chi connectivity index (χ1) is 14.6. The van der Waals surface area contributed by atoms with E-state index in [1.807, 2.05) is 0 Å². The minimum Gasteiger partial charge on any atom is -0.454 e. The highest BCUT2D eigenvalue weighted by Gasteiger charge is 2.30. The zero-order valence-corrected chi connectivity index (χ0v) is 15.5. The van der Waals surface area contributed by atoms with E-state index in [-0.39, 0.29) is 43.4 Å². The van der Waals surface area contributed by atoms with Crippen molar-refractivity contribution in [3.05, 3.63) is 48.0 Å². The number of amides is 3. The summed E-state index contributed by atoms with van der Waals surface area (Å²) in [6.45, 7) is 0.156. The number of fused-ring (bicyclic) bond motifs is 1. The van der Waals surface area contributed by atoms with Gasteiger partial charge in [-0.25, -0.2) is 0 Å². The van der Waals surface area contributed by atoms with Gasteiger partial charge in [0, 0.05) is 24.0 Å². The molecule has 1 saturated heterocycles. The van der Waals surface area contributed by atoms with Gasteiger partial charge in [0.25, 0.3) is 5.91 Å². The van der Waals surface area contributed by atoms with Crippen molar-refractivity contribution >= 4 is 29.4 Å². The summed E-state index contributed by atoms with van der Waals surface area (Å²) in [7, 11) is 0. The first-order valence-corrected chi connectivity index (χ1v) is 9.09. The summed E-state index contributed by atoms with van der Waals surface area (Å²) in [5.41, 5.74) is 1.36. The van der Waals surface area contributed by atoms with Gasteiger partial charge in [0.05, 0.1) is 5.69 Å².